The highest BCUT2D eigenvalue weighted by molar-refractivity contribution is 8.00. The minimum atomic E-state index is -0.00724. The van der Waals surface area contributed by atoms with Gasteiger partial charge in [0.15, 0.2) is 0 Å². The molecule has 0 unspecified atom stereocenters. The van der Waals surface area contributed by atoms with Gasteiger partial charge in [-0.1, -0.05) is 42.1 Å². The summed E-state index contributed by atoms with van der Waals surface area (Å²) in [6.07, 6.45) is 0. The van der Waals surface area contributed by atoms with E-state index in [9.17, 15) is 4.79 Å². The summed E-state index contributed by atoms with van der Waals surface area (Å²) in [5.41, 5.74) is 1.96. The highest BCUT2D eigenvalue weighted by Gasteiger charge is 2.05. The molecule has 0 radical (unpaired) electrons. The predicted molar refractivity (Wildman–Crippen MR) is 103 cm³/mol. The van der Waals surface area contributed by atoms with Crippen molar-refractivity contribution in [3.63, 3.8) is 0 Å². The fraction of sp³-hybridized carbons (Fsp3) is 0.167. The highest BCUT2D eigenvalue weighted by atomic mass is 32.2. The first-order chi connectivity index (χ1) is 12.2. The largest absolute Gasteiger partial charge is 0.325 e. The standard InChI is InChI=1S/C18H18N4OS2/c1-13-19-18(22-21-13)25-11-14-7-9-15(10-8-14)20-17(23)12-24-16-5-3-2-4-6-16/h2-10H,11-12H2,1H3,(H,20,23)(H,19,21,22). The molecule has 25 heavy (non-hydrogen) atoms. The van der Waals surface area contributed by atoms with Crippen molar-refractivity contribution in [1.29, 1.82) is 0 Å². The second-order valence-corrected chi connectivity index (χ2v) is 7.33. The molecule has 1 amide bonds. The molecule has 1 aromatic heterocycles. The average molecular weight is 371 g/mol. The van der Waals surface area contributed by atoms with Crippen LogP contribution in [0.3, 0.4) is 0 Å². The van der Waals surface area contributed by atoms with E-state index in [4.69, 9.17) is 0 Å². The van der Waals surface area contributed by atoms with E-state index in [0.717, 1.165) is 32.9 Å². The van der Waals surface area contributed by atoms with Crippen molar-refractivity contribution < 1.29 is 4.79 Å². The minimum absolute atomic E-state index is 0.00724. The highest BCUT2D eigenvalue weighted by Crippen LogP contribution is 2.21. The molecule has 0 saturated carbocycles. The number of carbonyl (C=O) groups excluding carboxylic acids is 1. The SMILES string of the molecule is Cc1nc(SCc2ccc(NC(=O)CSc3ccccc3)cc2)n[nH]1. The smallest absolute Gasteiger partial charge is 0.234 e. The van der Waals surface area contributed by atoms with Gasteiger partial charge in [-0.05, 0) is 36.8 Å². The Kier molecular flexibility index (Phi) is 6.14. The van der Waals surface area contributed by atoms with Gasteiger partial charge >= 0.3 is 0 Å². The number of H-pyrrole nitrogens is 1. The van der Waals surface area contributed by atoms with E-state index in [2.05, 4.69) is 20.5 Å². The van der Waals surface area contributed by atoms with Crippen molar-refractivity contribution >= 4 is 35.1 Å². The van der Waals surface area contributed by atoms with E-state index < -0.39 is 0 Å². The molecule has 0 fully saturated rings. The molecule has 3 rings (SSSR count). The number of hydrogen-bond acceptors (Lipinski definition) is 5. The first kappa shape index (κ1) is 17.6. The van der Waals surface area contributed by atoms with Crippen molar-refractivity contribution in [2.75, 3.05) is 11.1 Å². The molecule has 0 spiro atoms. The van der Waals surface area contributed by atoms with Crippen molar-refractivity contribution in [3.05, 3.63) is 66.0 Å². The molecule has 0 bridgehead atoms. The van der Waals surface area contributed by atoms with Gasteiger partial charge in [0.05, 0.1) is 5.75 Å². The van der Waals surface area contributed by atoms with Crippen LogP contribution in [0.5, 0.6) is 0 Å². The maximum atomic E-state index is 12.0. The molecule has 0 atom stereocenters. The third-order valence-corrected chi connectivity index (χ3v) is 5.23. The summed E-state index contributed by atoms with van der Waals surface area (Å²) in [7, 11) is 0. The first-order valence-corrected chi connectivity index (χ1v) is 9.74. The van der Waals surface area contributed by atoms with Gasteiger partial charge in [-0.3, -0.25) is 9.89 Å². The molecule has 0 aliphatic heterocycles. The van der Waals surface area contributed by atoms with Gasteiger partial charge in [-0.25, -0.2) is 4.98 Å². The van der Waals surface area contributed by atoms with Crippen LogP contribution in [-0.4, -0.2) is 26.8 Å². The lowest BCUT2D eigenvalue weighted by Crippen LogP contribution is -2.13. The predicted octanol–water partition coefficient (Wildman–Crippen LogP) is 4.14. The van der Waals surface area contributed by atoms with Gasteiger partial charge in [-0.2, -0.15) is 0 Å². The molecule has 5 nitrogen and oxygen atoms in total. The van der Waals surface area contributed by atoms with Crippen molar-refractivity contribution in [2.24, 2.45) is 0 Å². The van der Waals surface area contributed by atoms with E-state index in [0.29, 0.717) is 5.75 Å². The topological polar surface area (TPSA) is 70.7 Å². The fourth-order valence-corrected chi connectivity index (χ4v) is 3.60. The van der Waals surface area contributed by atoms with Crippen LogP contribution in [0.4, 0.5) is 5.69 Å². The van der Waals surface area contributed by atoms with Crippen LogP contribution >= 0.6 is 23.5 Å². The van der Waals surface area contributed by atoms with Gasteiger partial charge in [-0.15, -0.1) is 16.9 Å². The molecule has 0 aliphatic carbocycles. The summed E-state index contributed by atoms with van der Waals surface area (Å²) in [4.78, 5) is 17.4. The van der Waals surface area contributed by atoms with Gasteiger partial charge in [0.25, 0.3) is 0 Å². The molecule has 2 aromatic carbocycles. The zero-order chi connectivity index (χ0) is 17.5. The molecule has 7 heteroatoms. The van der Waals surface area contributed by atoms with Crippen molar-refractivity contribution in [3.8, 4) is 0 Å². The number of nitrogens with one attached hydrogen (secondary N) is 2. The maximum Gasteiger partial charge on any atom is 0.234 e. The second kappa shape index (κ2) is 8.73. The van der Waals surface area contributed by atoms with E-state index in [1.165, 1.54) is 11.8 Å². The summed E-state index contributed by atoms with van der Waals surface area (Å²) in [6, 6.07) is 17.8. The summed E-state index contributed by atoms with van der Waals surface area (Å²) < 4.78 is 0. The molecule has 3 aromatic rings. The number of aromatic nitrogens is 3. The minimum Gasteiger partial charge on any atom is -0.325 e. The first-order valence-electron chi connectivity index (χ1n) is 7.77. The number of thioether (sulfide) groups is 2. The Labute approximate surface area is 155 Å². The molecule has 128 valence electrons. The third kappa shape index (κ3) is 5.65. The zero-order valence-electron chi connectivity index (χ0n) is 13.7. The lowest BCUT2D eigenvalue weighted by Gasteiger charge is -2.06. The summed E-state index contributed by atoms with van der Waals surface area (Å²) in [6.45, 7) is 1.88. The Hall–Kier alpha value is -2.25. The Morgan fingerprint density at radius 1 is 1.08 bits per heavy atom. The molecule has 0 aliphatic rings. The van der Waals surface area contributed by atoms with Crippen LogP contribution in [0.2, 0.25) is 0 Å². The summed E-state index contributed by atoms with van der Waals surface area (Å²) in [5.74, 6) is 1.99. The maximum absolute atomic E-state index is 12.0. The molecule has 0 saturated heterocycles. The normalized spacial score (nSPS) is 10.6. The van der Waals surface area contributed by atoms with Gasteiger partial charge < -0.3 is 5.32 Å². The lowest BCUT2D eigenvalue weighted by molar-refractivity contribution is -0.113. The molecular weight excluding hydrogens is 352 g/mol. The number of amides is 1. The fourth-order valence-electron chi connectivity index (χ4n) is 2.08. The summed E-state index contributed by atoms with van der Waals surface area (Å²) in [5, 5.41) is 10.6. The number of hydrogen-bond donors (Lipinski definition) is 2. The van der Waals surface area contributed by atoms with Crippen molar-refractivity contribution in [2.45, 2.75) is 22.7 Å². The van der Waals surface area contributed by atoms with E-state index in [1.807, 2.05) is 61.5 Å². The van der Waals surface area contributed by atoms with Gasteiger partial charge in [0.1, 0.15) is 5.82 Å². The van der Waals surface area contributed by atoms with Crippen LogP contribution in [0.1, 0.15) is 11.4 Å². The zero-order valence-corrected chi connectivity index (χ0v) is 15.4. The van der Waals surface area contributed by atoms with E-state index >= 15 is 0 Å². The van der Waals surface area contributed by atoms with Crippen LogP contribution < -0.4 is 5.32 Å². The molecule has 1 heterocycles. The Morgan fingerprint density at radius 3 is 2.52 bits per heavy atom. The number of aryl methyl sites for hydroxylation is 1. The number of carbonyl (C=O) groups is 1. The number of anilines is 1. The number of rotatable bonds is 7. The lowest BCUT2D eigenvalue weighted by atomic mass is 10.2. The third-order valence-electron chi connectivity index (χ3n) is 3.30. The Balaban J connectivity index is 1.46. The van der Waals surface area contributed by atoms with E-state index in [-0.39, 0.29) is 5.91 Å². The quantitative estimate of drug-likeness (QED) is 0.612. The average Bonchev–Trinajstić information content (AvgIpc) is 3.06. The molecular formula is C18H18N4OS2. The van der Waals surface area contributed by atoms with Gasteiger partial charge in [0, 0.05) is 16.3 Å². The Bertz CT molecular complexity index is 819. The van der Waals surface area contributed by atoms with Crippen LogP contribution in [0.25, 0.3) is 0 Å². The van der Waals surface area contributed by atoms with Crippen LogP contribution in [0, 0.1) is 6.92 Å². The monoisotopic (exact) mass is 370 g/mol. The number of benzene rings is 2. The van der Waals surface area contributed by atoms with Crippen molar-refractivity contribution in [1.82, 2.24) is 15.2 Å². The molecule has 2 N–H and O–H groups in total. The van der Waals surface area contributed by atoms with Gasteiger partial charge in [0.2, 0.25) is 11.1 Å². The van der Waals surface area contributed by atoms with Crippen LogP contribution in [-0.2, 0) is 10.5 Å². The summed E-state index contributed by atoms with van der Waals surface area (Å²) >= 11 is 3.10. The number of nitrogens with zero attached hydrogens (tertiary/aromatic N) is 2. The van der Waals surface area contributed by atoms with E-state index in [1.54, 1.807) is 11.8 Å². The second-order valence-electron chi connectivity index (χ2n) is 5.34. The Morgan fingerprint density at radius 2 is 1.84 bits per heavy atom. The van der Waals surface area contributed by atoms with Crippen LogP contribution in [0.15, 0.2) is 64.6 Å². The number of aromatic amines is 1.